The largest absolute Gasteiger partial charge is 0.480 e. The van der Waals surface area contributed by atoms with Gasteiger partial charge in [-0.1, -0.05) is 30.3 Å². The number of aryl methyl sites for hydroxylation is 1. The first-order valence-electron chi connectivity index (χ1n) is 9.21. The number of carboxylic acid groups (broad SMARTS) is 1. The Bertz CT molecular complexity index is 960. The van der Waals surface area contributed by atoms with Crippen molar-refractivity contribution < 1.29 is 27.3 Å². The van der Waals surface area contributed by atoms with Crippen LogP contribution in [0.3, 0.4) is 0 Å². The topological polar surface area (TPSA) is 117 Å². The maximum atomic E-state index is 13.6. The third-order valence-electron chi connectivity index (χ3n) is 4.76. The summed E-state index contributed by atoms with van der Waals surface area (Å²) in [6.07, 6.45) is -3.68. The maximum Gasteiger partial charge on any atom is 0.395 e. The van der Waals surface area contributed by atoms with Gasteiger partial charge in [0.05, 0.1) is 5.92 Å². The molecule has 2 rings (SSSR count). The second-order valence-corrected chi connectivity index (χ2v) is 9.59. The van der Waals surface area contributed by atoms with Crippen molar-refractivity contribution in [2.24, 2.45) is 5.73 Å². The van der Waals surface area contributed by atoms with Gasteiger partial charge in [-0.2, -0.15) is 13.2 Å². The molecule has 3 atom stereocenters. The zero-order valence-corrected chi connectivity index (χ0v) is 17.2. The number of hydrogen-bond acceptors (Lipinski definition) is 5. The Balaban J connectivity index is 2.12. The lowest BCUT2D eigenvalue weighted by Gasteiger charge is -2.22. The molecule has 2 unspecified atom stereocenters. The molecule has 0 saturated heterocycles. The fourth-order valence-corrected chi connectivity index (χ4v) is 4.37. The Labute approximate surface area is 173 Å². The van der Waals surface area contributed by atoms with Crippen LogP contribution in [0.4, 0.5) is 13.2 Å². The molecule has 1 heterocycles. The zero-order valence-electron chi connectivity index (χ0n) is 16.4. The van der Waals surface area contributed by atoms with Gasteiger partial charge in [0.1, 0.15) is 6.04 Å². The minimum absolute atomic E-state index is 0.0174. The number of nitrogens with zero attached hydrogens (tertiary/aromatic N) is 1. The number of benzene rings is 1. The molecule has 164 valence electrons. The predicted molar refractivity (Wildman–Crippen MR) is 109 cm³/mol. The Kier molecular flexibility index (Phi) is 7.59. The average Bonchev–Trinajstić information content (AvgIpc) is 2.66. The van der Waals surface area contributed by atoms with Gasteiger partial charge in [-0.05, 0) is 37.0 Å². The van der Waals surface area contributed by atoms with Gasteiger partial charge < -0.3 is 10.8 Å². The summed E-state index contributed by atoms with van der Waals surface area (Å²) in [5, 5.41) is 8.74. The number of halogens is 3. The summed E-state index contributed by atoms with van der Waals surface area (Å²) in [6, 6.07) is 8.24. The Morgan fingerprint density at radius 3 is 2.20 bits per heavy atom. The number of alkyl halides is 3. The van der Waals surface area contributed by atoms with E-state index in [0.717, 1.165) is 16.8 Å². The number of pyridine rings is 1. The van der Waals surface area contributed by atoms with Crippen molar-refractivity contribution in [3.8, 4) is 11.1 Å². The van der Waals surface area contributed by atoms with Crippen molar-refractivity contribution in [2.75, 3.05) is 11.5 Å². The average molecular weight is 443 g/mol. The number of nitrogens with two attached hydrogens (primary N) is 1. The van der Waals surface area contributed by atoms with Crippen LogP contribution in [0.15, 0.2) is 42.6 Å². The fourth-order valence-electron chi connectivity index (χ4n) is 2.92. The standard InChI is InChI=1S/C20H24F3N3O3S/c1-13-2-3-16(12-26-13)14-4-6-15(7-5-14)17(20(21,22)23)8-10-30(25,29)11-9-18(24)19(27)28/h2-7,12,17-18,25H,8-11,24H2,1H3,(H,27,28)/t17?,18-,30?/m0/s1. The van der Waals surface area contributed by atoms with Crippen molar-refractivity contribution in [1.29, 1.82) is 4.78 Å². The van der Waals surface area contributed by atoms with Crippen LogP contribution in [0.2, 0.25) is 0 Å². The van der Waals surface area contributed by atoms with E-state index in [2.05, 4.69) is 4.98 Å². The molecular weight excluding hydrogens is 419 g/mol. The van der Waals surface area contributed by atoms with E-state index < -0.39 is 46.0 Å². The monoisotopic (exact) mass is 443 g/mol. The quantitative estimate of drug-likeness (QED) is 0.543. The summed E-state index contributed by atoms with van der Waals surface area (Å²) in [6.45, 7) is 1.83. The molecule has 10 heteroatoms. The van der Waals surface area contributed by atoms with Crippen molar-refractivity contribution >= 4 is 15.7 Å². The van der Waals surface area contributed by atoms with Gasteiger partial charge in [0.25, 0.3) is 0 Å². The number of aromatic nitrogens is 1. The van der Waals surface area contributed by atoms with Crippen molar-refractivity contribution in [1.82, 2.24) is 4.98 Å². The molecule has 0 radical (unpaired) electrons. The number of carbonyl (C=O) groups is 1. The van der Waals surface area contributed by atoms with Gasteiger partial charge >= 0.3 is 12.1 Å². The van der Waals surface area contributed by atoms with E-state index in [9.17, 15) is 22.2 Å². The summed E-state index contributed by atoms with van der Waals surface area (Å²) >= 11 is 0. The molecule has 2 aromatic rings. The molecule has 0 amide bonds. The summed E-state index contributed by atoms with van der Waals surface area (Å²) < 4.78 is 60.9. The van der Waals surface area contributed by atoms with Crippen molar-refractivity contribution in [3.63, 3.8) is 0 Å². The predicted octanol–water partition coefficient (Wildman–Crippen LogP) is 3.94. The highest BCUT2D eigenvalue weighted by Gasteiger charge is 2.40. The second-order valence-electron chi connectivity index (χ2n) is 7.15. The normalized spacial score (nSPS) is 15.9. The highest BCUT2D eigenvalue weighted by atomic mass is 32.2. The molecule has 0 aliphatic carbocycles. The molecule has 1 aromatic carbocycles. The van der Waals surface area contributed by atoms with Gasteiger partial charge in [-0.3, -0.25) is 14.6 Å². The van der Waals surface area contributed by atoms with Crippen LogP contribution in [-0.4, -0.2) is 44.0 Å². The molecule has 6 nitrogen and oxygen atoms in total. The Hall–Kier alpha value is -2.46. The van der Waals surface area contributed by atoms with Crippen LogP contribution >= 0.6 is 0 Å². The Morgan fingerprint density at radius 2 is 1.70 bits per heavy atom. The first-order valence-corrected chi connectivity index (χ1v) is 11.1. The minimum atomic E-state index is -4.57. The van der Waals surface area contributed by atoms with Crippen LogP contribution in [0.25, 0.3) is 11.1 Å². The van der Waals surface area contributed by atoms with Crippen molar-refractivity contribution in [3.05, 3.63) is 53.9 Å². The number of hydrogen-bond donors (Lipinski definition) is 3. The summed E-state index contributed by atoms with van der Waals surface area (Å²) in [5.41, 5.74) is 7.66. The van der Waals surface area contributed by atoms with E-state index in [1.165, 1.54) is 12.1 Å². The maximum absolute atomic E-state index is 13.6. The van der Waals surface area contributed by atoms with Crippen molar-refractivity contribution in [2.45, 2.75) is 37.9 Å². The smallest absolute Gasteiger partial charge is 0.395 e. The Morgan fingerprint density at radius 1 is 1.13 bits per heavy atom. The summed E-state index contributed by atoms with van der Waals surface area (Å²) in [5.74, 6) is -4.03. The van der Waals surface area contributed by atoms with E-state index in [1.54, 1.807) is 18.3 Å². The van der Waals surface area contributed by atoms with Gasteiger partial charge in [0.15, 0.2) is 0 Å². The van der Waals surface area contributed by atoms with E-state index >= 15 is 0 Å². The fraction of sp³-hybridized carbons (Fsp3) is 0.400. The molecule has 4 N–H and O–H groups in total. The van der Waals surface area contributed by atoms with Gasteiger partial charge in [0.2, 0.25) is 0 Å². The third kappa shape index (κ3) is 6.81. The van der Waals surface area contributed by atoms with Crippen LogP contribution < -0.4 is 5.73 Å². The van der Waals surface area contributed by atoms with Gasteiger partial charge in [0, 0.05) is 38.7 Å². The lowest BCUT2D eigenvalue weighted by atomic mass is 9.94. The second kappa shape index (κ2) is 9.57. The number of nitrogens with one attached hydrogen (secondary N) is 1. The number of carboxylic acids is 1. The molecule has 0 aliphatic rings. The number of aliphatic carboxylic acids is 1. The molecule has 0 bridgehead atoms. The third-order valence-corrected chi connectivity index (χ3v) is 6.56. The molecule has 1 aromatic heterocycles. The van der Waals surface area contributed by atoms with Gasteiger partial charge in [-0.25, -0.2) is 4.21 Å². The molecule has 30 heavy (non-hydrogen) atoms. The molecule has 0 saturated carbocycles. The SMILES string of the molecule is Cc1ccc(-c2ccc(C(CCS(=N)(=O)CC[C@H](N)C(=O)O)C(F)(F)F)cc2)cn1. The first kappa shape index (κ1) is 23.8. The molecular formula is C20H24F3N3O3S. The van der Waals surface area contributed by atoms with E-state index in [1.807, 2.05) is 19.1 Å². The van der Waals surface area contributed by atoms with Crippen LogP contribution in [-0.2, 0) is 14.5 Å². The van der Waals surface area contributed by atoms with Crippen LogP contribution in [0.5, 0.6) is 0 Å². The summed E-state index contributed by atoms with van der Waals surface area (Å²) in [4.78, 5) is 14.9. The lowest BCUT2D eigenvalue weighted by Crippen LogP contribution is -2.32. The van der Waals surface area contributed by atoms with Gasteiger partial charge in [-0.15, -0.1) is 0 Å². The van der Waals surface area contributed by atoms with E-state index in [4.69, 9.17) is 15.6 Å². The highest BCUT2D eigenvalue weighted by molar-refractivity contribution is 7.92. The minimum Gasteiger partial charge on any atom is -0.480 e. The number of rotatable bonds is 9. The first-order chi connectivity index (χ1) is 13.9. The lowest BCUT2D eigenvalue weighted by molar-refractivity contribution is -0.150. The molecule has 0 aliphatic heterocycles. The molecule has 0 spiro atoms. The zero-order chi connectivity index (χ0) is 22.5. The van der Waals surface area contributed by atoms with E-state index in [0.29, 0.717) is 0 Å². The highest BCUT2D eigenvalue weighted by Crippen LogP contribution is 2.38. The molecule has 0 fully saturated rings. The van der Waals surface area contributed by atoms with E-state index in [-0.39, 0.29) is 17.7 Å². The van der Waals surface area contributed by atoms with Crippen LogP contribution in [0.1, 0.15) is 30.0 Å². The van der Waals surface area contributed by atoms with Crippen LogP contribution in [0, 0.1) is 11.7 Å². The summed E-state index contributed by atoms with van der Waals surface area (Å²) in [7, 11) is -3.38.